The van der Waals surface area contributed by atoms with Gasteiger partial charge in [-0.2, -0.15) is 13.2 Å². The van der Waals surface area contributed by atoms with E-state index in [2.05, 4.69) is 34.7 Å². The summed E-state index contributed by atoms with van der Waals surface area (Å²) in [5, 5.41) is 3.90. The summed E-state index contributed by atoms with van der Waals surface area (Å²) in [5.41, 5.74) is 0.707. The lowest BCUT2D eigenvalue weighted by molar-refractivity contribution is -0.152. The van der Waals surface area contributed by atoms with Gasteiger partial charge in [0.2, 0.25) is 11.7 Å². The fraction of sp³-hybridized carbons (Fsp3) is 0.481. The minimum absolute atomic E-state index is 0.0394. The highest BCUT2D eigenvalue weighted by atomic mass is 28.3. The molecule has 0 aliphatic carbocycles. The lowest BCUT2D eigenvalue weighted by atomic mass is 9.95. The molecule has 0 saturated carbocycles. The summed E-state index contributed by atoms with van der Waals surface area (Å²) >= 11 is 0. The highest BCUT2D eigenvalue weighted by Crippen LogP contribution is 2.33. The molecule has 0 aliphatic rings. The number of halogens is 4. The first kappa shape index (κ1) is 31.2. The molecule has 0 saturated heterocycles. The minimum Gasteiger partial charge on any atom is -0.476 e. The molecule has 0 radical (unpaired) electrons. The van der Waals surface area contributed by atoms with Crippen LogP contribution in [0.5, 0.6) is 5.88 Å². The van der Waals surface area contributed by atoms with Gasteiger partial charge in [0.25, 0.3) is 0 Å². The Morgan fingerprint density at radius 1 is 1.10 bits per heavy atom. The first-order valence-corrected chi connectivity index (χ1v) is 16.3. The van der Waals surface area contributed by atoms with Crippen LogP contribution in [-0.4, -0.2) is 54.1 Å². The number of esters is 1. The molecule has 0 amide bonds. The molecule has 2 aromatic heterocycles. The lowest BCUT2D eigenvalue weighted by Gasteiger charge is -2.21. The Kier molecular flexibility index (Phi) is 9.40. The van der Waals surface area contributed by atoms with E-state index in [4.69, 9.17) is 14.2 Å². The number of benzene rings is 1. The second kappa shape index (κ2) is 12.0. The topological polar surface area (TPSA) is 88.4 Å². The number of nitrogens with zero attached hydrogens (tertiary/aromatic N) is 4. The van der Waals surface area contributed by atoms with Crippen molar-refractivity contribution in [3.05, 3.63) is 47.7 Å². The highest BCUT2D eigenvalue weighted by molar-refractivity contribution is 6.76. The van der Waals surface area contributed by atoms with Crippen LogP contribution in [0, 0.1) is 18.2 Å². The minimum atomic E-state index is -4.79. The third kappa shape index (κ3) is 7.87. The number of aryl methyl sites for hydroxylation is 1. The van der Waals surface area contributed by atoms with E-state index in [-0.39, 0.29) is 18.1 Å². The van der Waals surface area contributed by atoms with Crippen molar-refractivity contribution in [3.8, 4) is 28.4 Å². The van der Waals surface area contributed by atoms with Crippen LogP contribution in [0.25, 0.3) is 22.5 Å². The third-order valence-corrected chi connectivity index (χ3v) is 7.76. The molecule has 3 aromatic rings. The van der Waals surface area contributed by atoms with E-state index in [1.165, 1.54) is 25.4 Å². The summed E-state index contributed by atoms with van der Waals surface area (Å²) < 4.78 is 72.5. The van der Waals surface area contributed by atoms with Crippen LogP contribution in [-0.2, 0) is 27.2 Å². The fourth-order valence-electron chi connectivity index (χ4n) is 3.65. The molecule has 0 aliphatic heterocycles. The van der Waals surface area contributed by atoms with Crippen molar-refractivity contribution in [2.75, 3.05) is 20.3 Å². The van der Waals surface area contributed by atoms with Crippen molar-refractivity contribution < 1.29 is 36.6 Å². The Hall–Kier alpha value is -3.32. The number of rotatable bonds is 11. The van der Waals surface area contributed by atoms with Gasteiger partial charge in [0.15, 0.2) is 5.82 Å². The maximum absolute atomic E-state index is 15.2. The zero-order valence-electron chi connectivity index (χ0n) is 23.6. The van der Waals surface area contributed by atoms with Gasteiger partial charge in [-0.25, -0.2) is 19.0 Å². The Balaban J connectivity index is 1.81. The van der Waals surface area contributed by atoms with Gasteiger partial charge >= 0.3 is 12.1 Å². The summed E-state index contributed by atoms with van der Waals surface area (Å²) in [7, 11) is -0.130. The third-order valence-electron chi connectivity index (χ3n) is 6.06. The summed E-state index contributed by atoms with van der Waals surface area (Å²) in [6, 6.07) is 6.51. The zero-order chi connectivity index (χ0) is 29.9. The Bertz CT molecular complexity index is 1350. The normalized spacial score (nSPS) is 12.5. The summed E-state index contributed by atoms with van der Waals surface area (Å²) in [6.45, 7) is 11.4. The Morgan fingerprint density at radius 2 is 1.80 bits per heavy atom. The van der Waals surface area contributed by atoms with Crippen molar-refractivity contribution >= 4 is 14.0 Å². The van der Waals surface area contributed by atoms with E-state index in [0.717, 1.165) is 6.04 Å². The zero-order valence-corrected chi connectivity index (χ0v) is 24.6. The average molecular weight is 583 g/mol. The van der Waals surface area contributed by atoms with Gasteiger partial charge in [-0.15, -0.1) is 5.10 Å². The SMILES string of the molecule is COC(=O)C(C)(C)COc1cc(C)c(-c2ccc(-c3nc(C(F)(F)F)n(COCC[Si](C)(C)C)n3)c(F)c2)cn1. The van der Waals surface area contributed by atoms with Gasteiger partial charge < -0.3 is 14.2 Å². The smallest absolute Gasteiger partial charge is 0.451 e. The maximum atomic E-state index is 15.2. The molecule has 218 valence electrons. The van der Waals surface area contributed by atoms with E-state index < -0.39 is 49.8 Å². The standard InChI is InChI=1S/C27H34F4N4O4Si/c1-17-12-22(39-15-26(2,3)25(36)37-4)32-14-20(17)18-8-9-19(21(28)13-18)23-33-24(27(29,30)31)35(34-23)16-38-10-11-40(5,6)7/h8-9,12-14H,10-11,15-16H2,1-7H3. The van der Waals surface area contributed by atoms with Gasteiger partial charge in [0.1, 0.15) is 19.2 Å². The van der Waals surface area contributed by atoms with Crippen LogP contribution in [0.4, 0.5) is 17.6 Å². The number of ether oxygens (including phenoxy) is 3. The predicted octanol–water partition coefficient (Wildman–Crippen LogP) is 6.36. The molecular formula is C27H34F4N4O4Si. The summed E-state index contributed by atoms with van der Waals surface area (Å²) in [5.74, 6) is -2.59. The van der Waals surface area contributed by atoms with Gasteiger partial charge in [-0.3, -0.25) is 4.79 Å². The van der Waals surface area contributed by atoms with Gasteiger partial charge in [0, 0.05) is 32.5 Å². The molecule has 0 unspecified atom stereocenters. The van der Waals surface area contributed by atoms with Crippen molar-refractivity contribution in [2.24, 2.45) is 5.41 Å². The van der Waals surface area contributed by atoms with Crippen molar-refractivity contribution in [1.82, 2.24) is 19.7 Å². The van der Waals surface area contributed by atoms with Crippen LogP contribution in [0.15, 0.2) is 30.5 Å². The van der Waals surface area contributed by atoms with E-state index in [1.54, 1.807) is 32.9 Å². The maximum Gasteiger partial charge on any atom is 0.451 e. The number of hydrogen-bond donors (Lipinski definition) is 0. The molecule has 0 atom stereocenters. The first-order chi connectivity index (χ1) is 18.5. The summed E-state index contributed by atoms with van der Waals surface area (Å²) in [6.07, 6.45) is -3.29. The number of aromatic nitrogens is 4. The molecule has 2 heterocycles. The van der Waals surface area contributed by atoms with Gasteiger partial charge in [0.05, 0.1) is 18.1 Å². The molecule has 8 nitrogen and oxygen atoms in total. The molecule has 0 spiro atoms. The largest absolute Gasteiger partial charge is 0.476 e. The molecule has 40 heavy (non-hydrogen) atoms. The Labute approximate surface area is 231 Å². The van der Waals surface area contributed by atoms with E-state index in [0.29, 0.717) is 28.0 Å². The second-order valence-corrected chi connectivity index (χ2v) is 16.9. The number of carbonyl (C=O) groups is 1. The van der Waals surface area contributed by atoms with Crippen LogP contribution in [0.3, 0.4) is 0 Å². The van der Waals surface area contributed by atoms with Crippen molar-refractivity contribution in [3.63, 3.8) is 0 Å². The monoisotopic (exact) mass is 582 g/mol. The second-order valence-electron chi connectivity index (χ2n) is 11.3. The number of pyridine rings is 1. The van der Waals surface area contributed by atoms with E-state index in [1.807, 2.05) is 0 Å². The van der Waals surface area contributed by atoms with Crippen LogP contribution >= 0.6 is 0 Å². The average Bonchev–Trinajstić information content (AvgIpc) is 3.29. The highest BCUT2D eigenvalue weighted by Gasteiger charge is 2.38. The van der Waals surface area contributed by atoms with Crippen molar-refractivity contribution in [2.45, 2.75) is 59.4 Å². The quantitative estimate of drug-likeness (QED) is 0.112. The van der Waals surface area contributed by atoms with E-state index >= 15 is 4.39 Å². The van der Waals surface area contributed by atoms with E-state index in [9.17, 15) is 18.0 Å². The van der Waals surface area contributed by atoms with Gasteiger partial charge in [-0.05, 0) is 50.1 Å². The molecule has 13 heteroatoms. The van der Waals surface area contributed by atoms with Crippen LogP contribution in [0.2, 0.25) is 25.7 Å². The molecular weight excluding hydrogens is 548 g/mol. The number of hydrogen-bond acceptors (Lipinski definition) is 7. The van der Waals surface area contributed by atoms with Crippen molar-refractivity contribution in [1.29, 1.82) is 0 Å². The molecule has 0 bridgehead atoms. The Morgan fingerprint density at radius 3 is 2.38 bits per heavy atom. The molecule has 1 aromatic carbocycles. The number of alkyl halides is 3. The molecule has 0 N–H and O–H groups in total. The first-order valence-electron chi connectivity index (χ1n) is 12.6. The van der Waals surface area contributed by atoms with Gasteiger partial charge in [-0.1, -0.05) is 25.7 Å². The lowest BCUT2D eigenvalue weighted by Crippen LogP contribution is -2.32. The van der Waals surface area contributed by atoms with Crippen LogP contribution in [0.1, 0.15) is 25.2 Å². The molecule has 3 rings (SSSR count). The number of methoxy groups -OCH3 is 1. The predicted molar refractivity (Wildman–Crippen MR) is 144 cm³/mol. The number of carbonyl (C=O) groups excluding carboxylic acids is 1. The summed E-state index contributed by atoms with van der Waals surface area (Å²) in [4.78, 5) is 19.7. The fourth-order valence-corrected chi connectivity index (χ4v) is 4.41. The molecule has 0 fully saturated rings. The van der Waals surface area contributed by atoms with Crippen LogP contribution < -0.4 is 4.74 Å².